The normalized spacial score (nSPS) is 14.9. The van der Waals surface area contributed by atoms with E-state index in [2.05, 4.69) is 12.1 Å². The largest absolute Gasteiger partial charge is 0.496 e. The molecule has 0 aromatic heterocycles. The molecule has 0 heterocycles. The number of carbonyl (C=O) groups is 1. The monoisotopic (exact) mass is 355 g/mol. The molecule has 0 radical (unpaired) electrons. The number of carbonyl (C=O) groups excluding carboxylic acids is 1. The minimum atomic E-state index is -0.421. The molecule has 0 saturated heterocycles. The summed E-state index contributed by atoms with van der Waals surface area (Å²) in [6.07, 6.45) is 4.71. The molecule has 25 heavy (non-hydrogen) atoms. The highest BCUT2D eigenvalue weighted by atomic mass is 32.2. The molecule has 0 spiro atoms. The predicted molar refractivity (Wildman–Crippen MR) is 101 cm³/mol. The maximum absolute atomic E-state index is 12.4. The van der Waals surface area contributed by atoms with Gasteiger partial charge in [0.2, 0.25) is 0 Å². The van der Waals surface area contributed by atoms with Crippen LogP contribution in [0.1, 0.15) is 39.9 Å². The molecule has 2 aromatic carbocycles. The van der Waals surface area contributed by atoms with Crippen molar-refractivity contribution in [3.63, 3.8) is 0 Å². The van der Waals surface area contributed by atoms with Gasteiger partial charge in [-0.3, -0.25) is 0 Å². The zero-order chi connectivity index (χ0) is 17.8. The molecule has 3 rings (SSSR count). The average molecular weight is 355 g/mol. The first-order valence-corrected chi connectivity index (χ1v) is 9.46. The van der Waals surface area contributed by atoms with Crippen molar-refractivity contribution in [1.82, 2.24) is 0 Å². The lowest BCUT2D eigenvalue weighted by Crippen LogP contribution is -2.15. The van der Waals surface area contributed by atoms with E-state index < -0.39 is 5.97 Å². The molecule has 0 aliphatic heterocycles. The third kappa shape index (κ3) is 3.56. The second-order valence-electron chi connectivity index (χ2n) is 5.89. The molecule has 0 saturated carbocycles. The molecule has 0 bridgehead atoms. The molecule has 0 amide bonds. The van der Waals surface area contributed by atoms with Gasteiger partial charge in [-0.25, -0.2) is 4.79 Å². The van der Waals surface area contributed by atoms with Gasteiger partial charge >= 0.3 is 5.97 Å². The molecule has 130 valence electrons. The number of fused-ring (bicyclic) bond motifs is 1. The zero-order valence-corrected chi connectivity index (χ0v) is 15.5. The number of methoxy groups -OCH3 is 1. The van der Waals surface area contributed by atoms with Crippen LogP contribution in [0.5, 0.6) is 5.75 Å². The van der Waals surface area contributed by atoms with Gasteiger partial charge < -0.3 is 9.57 Å². The highest BCUT2D eigenvalue weighted by molar-refractivity contribution is 7.98. The van der Waals surface area contributed by atoms with Gasteiger partial charge in [0, 0.05) is 10.5 Å². The maximum Gasteiger partial charge on any atom is 0.366 e. The average Bonchev–Trinajstić information content (AvgIpc) is 2.66. The summed E-state index contributed by atoms with van der Waals surface area (Å²) in [4.78, 5) is 18.5. The number of hydrogen-bond acceptors (Lipinski definition) is 5. The first-order chi connectivity index (χ1) is 12.2. The third-order valence-electron chi connectivity index (χ3n) is 4.49. The molecular formula is C20H21NO3S. The molecule has 0 fully saturated rings. The Morgan fingerprint density at radius 1 is 1.16 bits per heavy atom. The van der Waals surface area contributed by atoms with Crippen molar-refractivity contribution in [2.45, 2.75) is 31.1 Å². The van der Waals surface area contributed by atoms with E-state index >= 15 is 0 Å². The summed E-state index contributed by atoms with van der Waals surface area (Å²) in [6, 6.07) is 11.3. The first-order valence-electron chi connectivity index (χ1n) is 8.23. The summed E-state index contributed by atoms with van der Waals surface area (Å²) in [5, 5.41) is 4.19. The molecule has 4 nitrogen and oxygen atoms in total. The maximum atomic E-state index is 12.4. The van der Waals surface area contributed by atoms with Crippen LogP contribution in [0.15, 0.2) is 46.4 Å². The van der Waals surface area contributed by atoms with Crippen LogP contribution < -0.4 is 4.74 Å². The number of ether oxygens (including phenoxy) is 1. The summed E-state index contributed by atoms with van der Waals surface area (Å²) in [5.41, 5.74) is 4.77. The van der Waals surface area contributed by atoms with Gasteiger partial charge in [-0.05, 0) is 67.8 Å². The lowest BCUT2D eigenvalue weighted by molar-refractivity contribution is 0.0511. The Morgan fingerprint density at radius 2 is 1.96 bits per heavy atom. The fraction of sp³-hybridized carbons (Fsp3) is 0.300. The standard InChI is InChI=1S/C20H21NO3S/c1-13-14-8-6-9-17(15(14)11-12-18(13)23-2)21-24-20(22)16-7-4-5-10-19(16)25-3/h4-5,7,10-12H,6,8-9H2,1-3H3. The van der Waals surface area contributed by atoms with E-state index in [0.29, 0.717) is 5.56 Å². The predicted octanol–water partition coefficient (Wildman–Crippen LogP) is 4.62. The number of hydrogen-bond donors (Lipinski definition) is 0. The van der Waals surface area contributed by atoms with Crippen LogP contribution >= 0.6 is 11.8 Å². The summed E-state index contributed by atoms with van der Waals surface area (Å²) in [7, 11) is 1.68. The number of benzene rings is 2. The van der Waals surface area contributed by atoms with Gasteiger partial charge in [0.25, 0.3) is 0 Å². The smallest absolute Gasteiger partial charge is 0.366 e. The number of nitrogens with zero attached hydrogens (tertiary/aromatic N) is 1. The Labute approximate surface area is 152 Å². The van der Waals surface area contributed by atoms with Crippen LogP contribution in [0.25, 0.3) is 0 Å². The molecule has 0 unspecified atom stereocenters. The molecule has 5 heteroatoms. The van der Waals surface area contributed by atoms with Crippen molar-refractivity contribution in [3.05, 3.63) is 58.7 Å². The van der Waals surface area contributed by atoms with Crippen LogP contribution in [0.3, 0.4) is 0 Å². The van der Waals surface area contributed by atoms with Crippen molar-refractivity contribution in [2.75, 3.05) is 13.4 Å². The summed E-state index contributed by atoms with van der Waals surface area (Å²) < 4.78 is 5.40. The van der Waals surface area contributed by atoms with Crippen molar-refractivity contribution in [2.24, 2.45) is 5.16 Å². The topological polar surface area (TPSA) is 47.9 Å². The highest BCUT2D eigenvalue weighted by Crippen LogP contribution is 2.31. The van der Waals surface area contributed by atoms with Gasteiger partial charge in [-0.1, -0.05) is 17.3 Å². The molecule has 0 N–H and O–H groups in total. The number of oxime groups is 1. The molecule has 1 aliphatic rings. The van der Waals surface area contributed by atoms with Crippen molar-refractivity contribution in [3.8, 4) is 5.75 Å². The summed E-state index contributed by atoms with van der Waals surface area (Å²) in [6.45, 7) is 2.06. The quantitative estimate of drug-likeness (QED) is 0.456. The summed E-state index contributed by atoms with van der Waals surface area (Å²) in [5.74, 6) is 0.459. The highest BCUT2D eigenvalue weighted by Gasteiger charge is 2.21. The lowest BCUT2D eigenvalue weighted by Gasteiger charge is -2.21. The van der Waals surface area contributed by atoms with Crippen LogP contribution in [-0.2, 0) is 11.3 Å². The number of thioether (sulfide) groups is 1. The SMILES string of the molecule is COc1ccc2c(c1C)CCCC2=NOC(=O)c1ccccc1SC. The Balaban J connectivity index is 1.87. The van der Waals surface area contributed by atoms with Crippen LogP contribution in [0, 0.1) is 6.92 Å². The molecule has 0 atom stereocenters. The fourth-order valence-electron chi connectivity index (χ4n) is 3.17. The number of rotatable bonds is 4. The zero-order valence-electron chi connectivity index (χ0n) is 14.7. The van der Waals surface area contributed by atoms with Gasteiger partial charge in [0.05, 0.1) is 18.4 Å². The van der Waals surface area contributed by atoms with Crippen LogP contribution in [-0.4, -0.2) is 25.0 Å². The molecular weight excluding hydrogens is 334 g/mol. The second kappa shape index (κ2) is 7.74. The van der Waals surface area contributed by atoms with Gasteiger partial charge in [-0.15, -0.1) is 11.8 Å². The van der Waals surface area contributed by atoms with E-state index in [4.69, 9.17) is 9.57 Å². The Hall–Kier alpha value is -2.27. The first kappa shape index (κ1) is 17.5. The minimum Gasteiger partial charge on any atom is -0.496 e. The Morgan fingerprint density at radius 3 is 2.72 bits per heavy atom. The van der Waals surface area contributed by atoms with E-state index in [1.165, 1.54) is 17.3 Å². The minimum absolute atomic E-state index is 0.421. The summed E-state index contributed by atoms with van der Waals surface area (Å²) >= 11 is 1.52. The lowest BCUT2D eigenvalue weighted by atomic mass is 9.87. The van der Waals surface area contributed by atoms with Crippen LogP contribution in [0.2, 0.25) is 0 Å². The van der Waals surface area contributed by atoms with Crippen molar-refractivity contribution in [1.29, 1.82) is 0 Å². The molecule has 2 aromatic rings. The third-order valence-corrected chi connectivity index (χ3v) is 5.28. The van der Waals surface area contributed by atoms with Gasteiger partial charge in [0.15, 0.2) is 0 Å². The Bertz CT molecular complexity index is 830. The van der Waals surface area contributed by atoms with E-state index in [0.717, 1.165) is 46.7 Å². The van der Waals surface area contributed by atoms with Crippen molar-refractivity contribution < 1.29 is 14.4 Å². The van der Waals surface area contributed by atoms with E-state index in [1.54, 1.807) is 13.2 Å². The fourth-order valence-corrected chi connectivity index (χ4v) is 3.76. The Kier molecular flexibility index (Phi) is 5.43. The van der Waals surface area contributed by atoms with Crippen LogP contribution in [0.4, 0.5) is 0 Å². The molecule has 1 aliphatic carbocycles. The van der Waals surface area contributed by atoms with Gasteiger partial charge in [-0.2, -0.15) is 0 Å². The second-order valence-corrected chi connectivity index (χ2v) is 6.74. The van der Waals surface area contributed by atoms with E-state index in [9.17, 15) is 4.79 Å². The van der Waals surface area contributed by atoms with Gasteiger partial charge in [0.1, 0.15) is 5.75 Å². The van der Waals surface area contributed by atoms with E-state index in [1.807, 2.05) is 36.6 Å². The van der Waals surface area contributed by atoms with Crippen molar-refractivity contribution >= 4 is 23.4 Å². The van der Waals surface area contributed by atoms with E-state index in [-0.39, 0.29) is 0 Å².